The van der Waals surface area contributed by atoms with E-state index in [4.69, 9.17) is 11.6 Å². The highest BCUT2D eigenvalue weighted by molar-refractivity contribution is 6.30. The molecule has 1 aliphatic heterocycles. The van der Waals surface area contributed by atoms with Crippen LogP contribution in [0.2, 0.25) is 5.02 Å². The predicted octanol–water partition coefficient (Wildman–Crippen LogP) is 4.55. The van der Waals surface area contributed by atoms with Gasteiger partial charge in [-0.05, 0) is 42.3 Å². The van der Waals surface area contributed by atoms with Crippen molar-refractivity contribution in [3.05, 3.63) is 82.6 Å². The Morgan fingerprint density at radius 2 is 1.81 bits per heavy atom. The topological polar surface area (TPSA) is 48.6 Å². The molecule has 0 spiro atoms. The summed E-state index contributed by atoms with van der Waals surface area (Å²) in [5.74, 6) is 0.199. The molecule has 134 valence electrons. The van der Waals surface area contributed by atoms with Gasteiger partial charge in [-0.15, -0.1) is 0 Å². The molecule has 1 aliphatic rings. The molecule has 5 heteroatoms. The summed E-state index contributed by atoms with van der Waals surface area (Å²) in [5, 5.41) is 20.5. The normalized spacial score (nSPS) is 17.7. The van der Waals surface area contributed by atoms with Crippen LogP contribution in [0.25, 0.3) is 0 Å². The number of nitrogens with zero attached hydrogens (tertiary/aromatic N) is 2. The number of benzene rings is 2. The van der Waals surface area contributed by atoms with Gasteiger partial charge in [0.2, 0.25) is 0 Å². The molecule has 0 radical (unpaired) electrons. The van der Waals surface area contributed by atoms with E-state index in [1.165, 1.54) is 17.3 Å². The molecule has 2 N–H and O–H groups in total. The zero-order chi connectivity index (χ0) is 18.1. The van der Waals surface area contributed by atoms with Crippen LogP contribution in [0.4, 0.5) is 0 Å². The largest absolute Gasteiger partial charge is 0.508 e. The maximum atomic E-state index is 10.2. The van der Waals surface area contributed by atoms with E-state index in [-0.39, 0.29) is 17.5 Å². The Labute approximate surface area is 157 Å². The molecule has 3 aromatic rings. The molecule has 0 fully saturated rings. The summed E-state index contributed by atoms with van der Waals surface area (Å²) in [7, 11) is 0. The molecule has 1 atom stereocenters. The van der Waals surface area contributed by atoms with E-state index in [0.29, 0.717) is 6.54 Å². The Kier molecular flexibility index (Phi) is 4.62. The van der Waals surface area contributed by atoms with Gasteiger partial charge in [-0.25, -0.2) is 0 Å². The third-order valence-corrected chi connectivity index (χ3v) is 5.23. The molecule has 4 nitrogen and oxygen atoms in total. The molecule has 1 aromatic heterocycles. The minimum absolute atomic E-state index is 0.0743. The van der Waals surface area contributed by atoms with Gasteiger partial charge in [-0.1, -0.05) is 29.8 Å². The summed E-state index contributed by atoms with van der Waals surface area (Å²) < 4.78 is 2.30. The smallest absolute Gasteiger partial charge is 0.123 e. The van der Waals surface area contributed by atoms with Crippen molar-refractivity contribution in [2.24, 2.45) is 0 Å². The lowest BCUT2D eigenvalue weighted by Crippen LogP contribution is -2.29. The number of aromatic hydroxyl groups is 2. The first-order chi connectivity index (χ1) is 12.6. The maximum absolute atomic E-state index is 10.2. The fourth-order valence-electron chi connectivity index (χ4n) is 3.74. The van der Waals surface area contributed by atoms with E-state index in [0.717, 1.165) is 30.1 Å². The molecule has 0 saturated carbocycles. The summed E-state index contributed by atoms with van der Waals surface area (Å²) in [6, 6.07) is 17.1. The zero-order valence-corrected chi connectivity index (χ0v) is 15.1. The van der Waals surface area contributed by atoms with Gasteiger partial charge in [0.25, 0.3) is 0 Å². The lowest BCUT2D eigenvalue weighted by molar-refractivity contribution is 0.217. The van der Waals surface area contributed by atoms with Crippen molar-refractivity contribution in [2.45, 2.75) is 25.6 Å². The van der Waals surface area contributed by atoms with Crippen molar-refractivity contribution < 1.29 is 10.2 Å². The van der Waals surface area contributed by atoms with Crippen molar-refractivity contribution in [3.63, 3.8) is 0 Å². The van der Waals surface area contributed by atoms with Crippen molar-refractivity contribution >= 4 is 11.6 Å². The van der Waals surface area contributed by atoms with E-state index in [1.807, 2.05) is 12.1 Å². The highest BCUT2D eigenvalue weighted by Gasteiger charge is 2.27. The Balaban J connectivity index is 1.74. The average molecular weight is 369 g/mol. The minimum atomic E-state index is 0.0743. The number of fused-ring (bicyclic) bond motifs is 1. The summed E-state index contributed by atoms with van der Waals surface area (Å²) in [4.78, 5) is 2.37. The quantitative estimate of drug-likeness (QED) is 0.713. The summed E-state index contributed by atoms with van der Waals surface area (Å²) in [6.45, 7) is 2.49. The molecular weight excluding hydrogens is 348 g/mol. The monoisotopic (exact) mass is 368 g/mol. The van der Waals surface area contributed by atoms with Crippen LogP contribution in [0.15, 0.2) is 60.8 Å². The van der Waals surface area contributed by atoms with E-state index in [9.17, 15) is 10.2 Å². The van der Waals surface area contributed by atoms with Crippen molar-refractivity contribution in [1.82, 2.24) is 9.47 Å². The molecule has 4 rings (SSSR count). The van der Waals surface area contributed by atoms with Crippen molar-refractivity contribution in [2.75, 3.05) is 6.54 Å². The van der Waals surface area contributed by atoms with E-state index in [1.54, 1.807) is 12.1 Å². The van der Waals surface area contributed by atoms with E-state index >= 15 is 0 Å². The van der Waals surface area contributed by atoms with Gasteiger partial charge in [-0.3, -0.25) is 4.90 Å². The van der Waals surface area contributed by atoms with Crippen LogP contribution in [-0.4, -0.2) is 26.2 Å². The molecular formula is C21H21ClN2O2. The summed E-state index contributed by atoms with van der Waals surface area (Å²) in [6.07, 6.45) is 3.16. The van der Waals surface area contributed by atoms with Gasteiger partial charge >= 0.3 is 0 Å². The van der Waals surface area contributed by atoms with Gasteiger partial charge < -0.3 is 14.8 Å². The van der Waals surface area contributed by atoms with Gasteiger partial charge in [0.05, 0.1) is 6.04 Å². The molecule has 0 amide bonds. The number of aryl methyl sites for hydroxylation is 1. The Bertz CT molecular complexity index is 905. The lowest BCUT2D eigenvalue weighted by Gasteiger charge is -2.31. The molecule has 1 unspecified atom stereocenters. The van der Waals surface area contributed by atoms with Crippen LogP contribution >= 0.6 is 11.6 Å². The third-order valence-electron chi connectivity index (χ3n) is 4.98. The number of aromatic nitrogens is 1. The number of phenols is 2. The molecule has 26 heavy (non-hydrogen) atoms. The number of hydrogen-bond acceptors (Lipinski definition) is 3. The SMILES string of the molecule is Oc1ccc(CN2CCCn3cccc3C2c2ccc(Cl)cc2)c(O)c1. The number of hydrogen-bond donors (Lipinski definition) is 2. The summed E-state index contributed by atoms with van der Waals surface area (Å²) in [5.41, 5.74) is 3.22. The predicted molar refractivity (Wildman–Crippen MR) is 103 cm³/mol. The maximum Gasteiger partial charge on any atom is 0.123 e. The second-order valence-electron chi connectivity index (χ2n) is 6.72. The highest BCUT2D eigenvalue weighted by atomic mass is 35.5. The fourth-order valence-corrected chi connectivity index (χ4v) is 3.87. The van der Waals surface area contributed by atoms with Crippen molar-refractivity contribution in [1.29, 1.82) is 0 Å². The molecule has 0 aliphatic carbocycles. The zero-order valence-electron chi connectivity index (χ0n) is 14.3. The lowest BCUT2D eigenvalue weighted by atomic mass is 10.0. The Morgan fingerprint density at radius 1 is 1.00 bits per heavy atom. The molecule has 2 aromatic carbocycles. The first-order valence-corrected chi connectivity index (χ1v) is 9.15. The first-order valence-electron chi connectivity index (χ1n) is 8.77. The van der Waals surface area contributed by atoms with Crippen LogP contribution in [0, 0.1) is 0 Å². The third kappa shape index (κ3) is 3.30. The summed E-state index contributed by atoms with van der Waals surface area (Å²) >= 11 is 6.09. The second kappa shape index (κ2) is 7.06. The number of rotatable bonds is 3. The molecule has 0 saturated heterocycles. The number of halogens is 1. The number of phenolic OH excluding ortho intramolecular Hbond substituents is 2. The Morgan fingerprint density at radius 3 is 2.58 bits per heavy atom. The highest BCUT2D eigenvalue weighted by Crippen LogP contribution is 2.35. The van der Waals surface area contributed by atoms with Crippen LogP contribution in [0.1, 0.15) is 29.3 Å². The van der Waals surface area contributed by atoms with Crippen LogP contribution in [0.5, 0.6) is 11.5 Å². The van der Waals surface area contributed by atoms with E-state index < -0.39 is 0 Å². The first kappa shape index (κ1) is 17.0. The molecule has 0 bridgehead atoms. The average Bonchev–Trinajstić information content (AvgIpc) is 3.00. The Hall–Kier alpha value is -2.43. The van der Waals surface area contributed by atoms with Crippen LogP contribution < -0.4 is 0 Å². The molecule has 2 heterocycles. The fraction of sp³-hybridized carbons (Fsp3) is 0.238. The van der Waals surface area contributed by atoms with E-state index in [2.05, 4.69) is 39.9 Å². The van der Waals surface area contributed by atoms with Crippen molar-refractivity contribution in [3.8, 4) is 11.5 Å². The van der Waals surface area contributed by atoms with Crippen LogP contribution in [-0.2, 0) is 13.1 Å². The minimum Gasteiger partial charge on any atom is -0.508 e. The van der Waals surface area contributed by atoms with Gasteiger partial charge in [0.15, 0.2) is 0 Å². The van der Waals surface area contributed by atoms with Gasteiger partial charge in [0.1, 0.15) is 11.5 Å². The van der Waals surface area contributed by atoms with Gasteiger partial charge in [0, 0.05) is 48.2 Å². The van der Waals surface area contributed by atoms with Gasteiger partial charge in [-0.2, -0.15) is 0 Å². The standard InChI is InChI=1S/C21H21ClN2O2/c22-17-7-4-15(5-8-17)21-19-3-1-10-23(19)11-2-12-24(21)14-16-6-9-18(25)13-20(16)26/h1,3-10,13,21,25-26H,2,11-12,14H2. The van der Waals surface area contributed by atoms with Crippen LogP contribution in [0.3, 0.4) is 0 Å². The second-order valence-corrected chi connectivity index (χ2v) is 7.15.